The largest absolute Gasteiger partial charge is 0.281 e. The Kier molecular flexibility index (Phi) is 3.60. The number of hydrogen-bond acceptors (Lipinski definition) is 4. The Morgan fingerprint density at radius 1 is 0.950 bits per heavy atom. The van der Waals surface area contributed by atoms with Crippen molar-refractivity contribution < 1.29 is 4.79 Å². The molecule has 0 amide bonds. The lowest BCUT2D eigenvalue weighted by molar-refractivity contribution is 0.108. The summed E-state index contributed by atoms with van der Waals surface area (Å²) < 4.78 is 1.80. The molecule has 1 heterocycles. The van der Waals surface area contributed by atoms with Gasteiger partial charge in [-0.1, -0.05) is 48.5 Å². The number of hydrogen-bond donors (Lipinski definition) is 0. The number of benzene rings is 2. The molecule has 0 saturated heterocycles. The topological polar surface area (TPSA) is 47.8 Å². The van der Waals surface area contributed by atoms with Gasteiger partial charge in [-0.2, -0.15) is 0 Å². The van der Waals surface area contributed by atoms with E-state index in [1.54, 1.807) is 23.0 Å². The molecule has 1 aromatic heterocycles. The van der Waals surface area contributed by atoms with Crippen LogP contribution in [-0.2, 0) is 0 Å². The molecule has 0 atom stereocenters. The maximum atomic E-state index is 12.2. The van der Waals surface area contributed by atoms with E-state index in [-0.39, 0.29) is 5.12 Å². The van der Waals surface area contributed by atoms with Crippen molar-refractivity contribution in [2.24, 2.45) is 0 Å². The van der Waals surface area contributed by atoms with Gasteiger partial charge in [-0.05, 0) is 23.9 Å². The van der Waals surface area contributed by atoms with Crippen LogP contribution in [0.1, 0.15) is 10.4 Å². The van der Waals surface area contributed by atoms with Gasteiger partial charge in [0, 0.05) is 11.3 Å². The monoisotopic (exact) mass is 281 g/mol. The number of rotatable bonds is 3. The van der Waals surface area contributed by atoms with Crippen molar-refractivity contribution in [2.45, 2.75) is 5.16 Å². The molecule has 20 heavy (non-hydrogen) atoms. The highest BCUT2D eigenvalue weighted by Gasteiger charge is 2.13. The maximum Gasteiger partial charge on any atom is 0.227 e. The summed E-state index contributed by atoms with van der Waals surface area (Å²) in [5, 5.41) is 8.41. The summed E-state index contributed by atoms with van der Waals surface area (Å²) in [5.41, 5.74) is 1.58. The molecular weight excluding hydrogens is 270 g/mol. The van der Waals surface area contributed by atoms with Gasteiger partial charge >= 0.3 is 0 Å². The van der Waals surface area contributed by atoms with Crippen molar-refractivity contribution in [3.8, 4) is 5.69 Å². The Morgan fingerprint density at radius 3 is 2.30 bits per heavy atom. The third-order valence-corrected chi connectivity index (χ3v) is 3.63. The van der Waals surface area contributed by atoms with Gasteiger partial charge in [0.25, 0.3) is 0 Å². The minimum absolute atomic E-state index is 0.0456. The highest BCUT2D eigenvalue weighted by Crippen LogP contribution is 2.23. The van der Waals surface area contributed by atoms with E-state index in [1.807, 2.05) is 48.5 Å². The van der Waals surface area contributed by atoms with Gasteiger partial charge in [0.05, 0.1) is 0 Å². The van der Waals surface area contributed by atoms with E-state index in [4.69, 9.17) is 0 Å². The second-order valence-electron chi connectivity index (χ2n) is 4.07. The predicted octanol–water partition coefficient (Wildman–Crippen LogP) is 3.20. The van der Waals surface area contributed by atoms with Crippen LogP contribution in [0.3, 0.4) is 0 Å². The van der Waals surface area contributed by atoms with Gasteiger partial charge in [-0.15, -0.1) is 10.2 Å². The lowest BCUT2D eigenvalue weighted by Gasteiger charge is -2.05. The van der Waals surface area contributed by atoms with Gasteiger partial charge in [0.1, 0.15) is 6.33 Å². The SMILES string of the molecule is O=C(Sc1nncn1-c1ccccc1)c1ccccc1. The minimum Gasteiger partial charge on any atom is -0.281 e. The highest BCUT2D eigenvalue weighted by molar-refractivity contribution is 8.14. The Hall–Kier alpha value is -2.40. The Labute approximate surface area is 120 Å². The fourth-order valence-electron chi connectivity index (χ4n) is 1.78. The van der Waals surface area contributed by atoms with Crippen LogP contribution in [0.5, 0.6) is 0 Å². The zero-order valence-electron chi connectivity index (χ0n) is 10.5. The standard InChI is InChI=1S/C15H11N3OS/c19-14(12-7-3-1-4-8-12)20-15-17-16-11-18(15)13-9-5-2-6-10-13/h1-11H. The molecule has 3 rings (SSSR count). The van der Waals surface area contributed by atoms with E-state index in [0.29, 0.717) is 10.7 Å². The van der Waals surface area contributed by atoms with Gasteiger partial charge in [0.2, 0.25) is 10.3 Å². The van der Waals surface area contributed by atoms with Crippen LogP contribution < -0.4 is 0 Å². The summed E-state index contributed by atoms with van der Waals surface area (Å²) in [7, 11) is 0. The molecule has 0 unspecified atom stereocenters. The summed E-state index contributed by atoms with van der Waals surface area (Å²) >= 11 is 1.08. The summed E-state index contributed by atoms with van der Waals surface area (Å²) in [4.78, 5) is 12.2. The molecular formula is C15H11N3OS. The molecule has 4 nitrogen and oxygen atoms in total. The van der Waals surface area contributed by atoms with Crippen LogP contribution >= 0.6 is 11.8 Å². The first kappa shape index (κ1) is 12.6. The van der Waals surface area contributed by atoms with Crippen LogP contribution in [0.4, 0.5) is 0 Å². The molecule has 5 heteroatoms. The quantitative estimate of drug-likeness (QED) is 0.692. The number of carbonyl (C=O) groups is 1. The van der Waals surface area contributed by atoms with E-state index in [2.05, 4.69) is 10.2 Å². The first-order valence-corrected chi connectivity index (χ1v) is 6.89. The summed E-state index contributed by atoms with van der Waals surface area (Å²) in [6, 6.07) is 18.8. The smallest absolute Gasteiger partial charge is 0.227 e. The summed E-state index contributed by atoms with van der Waals surface area (Å²) in [6.45, 7) is 0. The molecule has 0 radical (unpaired) electrons. The first-order valence-electron chi connectivity index (χ1n) is 6.07. The van der Waals surface area contributed by atoms with Crippen molar-refractivity contribution in [1.29, 1.82) is 0 Å². The third kappa shape index (κ3) is 2.62. The van der Waals surface area contributed by atoms with E-state index in [9.17, 15) is 4.79 Å². The Bertz CT molecular complexity index is 710. The molecule has 0 aliphatic heterocycles. The second-order valence-corrected chi connectivity index (χ2v) is 5.01. The van der Waals surface area contributed by atoms with Crippen molar-refractivity contribution in [3.63, 3.8) is 0 Å². The zero-order chi connectivity index (χ0) is 13.8. The number of nitrogens with zero attached hydrogens (tertiary/aromatic N) is 3. The van der Waals surface area contributed by atoms with Crippen LogP contribution in [0.15, 0.2) is 72.1 Å². The number of carbonyl (C=O) groups excluding carboxylic acids is 1. The summed E-state index contributed by atoms with van der Waals surface area (Å²) in [5.74, 6) is 0. The molecule has 0 spiro atoms. The van der Waals surface area contributed by atoms with Crippen LogP contribution in [0.25, 0.3) is 5.69 Å². The first-order chi connectivity index (χ1) is 9.84. The average Bonchev–Trinajstić information content (AvgIpc) is 2.97. The summed E-state index contributed by atoms with van der Waals surface area (Å²) in [6.07, 6.45) is 1.61. The number of thioether (sulfide) groups is 1. The maximum absolute atomic E-state index is 12.2. The highest BCUT2D eigenvalue weighted by atomic mass is 32.2. The van der Waals surface area contributed by atoms with Crippen molar-refractivity contribution in [3.05, 3.63) is 72.6 Å². The Balaban J connectivity index is 1.86. The van der Waals surface area contributed by atoms with Gasteiger partial charge in [-0.25, -0.2) is 0 Å². The fourth-order valence-corrected chi connectivity index (χ4v) is 2.53. The molecule has 3 aromatic rings. The van der Waals surface area contributed by atoms with Crippen molar-refractivity contribution >= 4 is 16.9 Å². The van der Waals surface area contributed by atoms with Crippen LogP contribution in [-0.4, -0.2) is 19.9 Å². The van der Waals surface area contributed by atoms with E-state index < -0.39 is 0 Å². The van der Waals surface area contributed by atoms with E-state index in [0.717, 1.165) is 17.4 Å². The molecule has 98 valence electrons. The minimum atomic E-state index is -0.0456. The van der Waals surface area contributed by atoms with Crippen molar-refractivity contribution in [1.82, 2.24) is 14.8 Å². The van der Waals surface area contributed by atoms with Gasteiger partial charge < -0.3 is 0 Å². The van der Waals surface area contributed by atoms with Crippen LogP contribution in [0, 0.1) is 0 Å². The molecule has 0 bridgehead atoms. The lowest BCUT2D eigenvalue weighted by atomic mass is 10.2. The van der Waals surface area contributed by atoms with E-state index >= 15 is 0 Å². The average molecular weight is 281 g/mol. The van der Waals surface area contributed by atoms with E-state index in [1.165, 1.54) is 0 Å². The van der Waals surface area contributed by atoms with Gasteiger partial charge in [0.15, 0.2) is 0 Å². The molecule has 0 aliphatic rings. The normalized spacial score (nSPS) is 10.4. The molecule has 0 aliphatic carbocycles. The molecule has 0 fully saturated rings. The Morgan fingerprint density at radius 2 is 1.60 bits per heavy atom. The third-order valence-electron chi connectivity index (χ3n) is 2.74. The number of para-hydroxylation sites is 1. The fraction of sp³-hybridized carbons (Fsp3) is 0. The zero-order valence-corrected chi connectivity index (χ0v) is 11.3. The molecule has 2 aromatic carbocycles. The molecule has 0 N–H and O–H groups in total. The van der Waals surface area contributed by atoms with Crippen molar-refractivity contribution in [2.75, 3.05) is 0 Å². The molecule has 0 saturated carbocycles. The number of aromatic nitrogens is 3. The second kappa shape index (κ2) is 5.71. The van der Waals surface area contributed by atoms with Gasteiger partial charge in [-0.3, -0.25) is 9.36 Å². The van der Waals surface area contributed by atoms with Crippen LogP contribution in [0.2, 0.25) is 0 Å². The predicted molar refractivity (Wildman–Crippen MR) is 78.0 cm³/mol. The lowest BCUT2D eigenvalue weighted by Crippen LogP contribution is -1.99.